The molecule has 140 valence electrons. The van der Waals surface area contributed by atoms with Gasteiger partial charge in [0.2, 0.25) is 5.91 Å². The molecule has 2 heterocycles. The summed E-state index contributed by atoms with van der Waals surface area (Å²) in [5.41, 5.74) is 2.86. The van der Waals surface area contributed by atoms with Crippen LogP contribution in [-0.2, 0) is 17.8 Å². The van der Waals surface area contributed by atoms with Crippen molar-refractivity contribution in [1.82, 2.24) is 19.3 Å². The number of hydrogen-bond acceptors (Lipinski definition) is 4. The fourth-order valence-corrected chi connectivity index (χ4v) is 3.00. The molecule has 0 bridgehead atoms. The number of hydrogen-bond donors (Lipinski definition) is 1. The van der Waals surface area contributed by atoms with E-state index in [1.54, 1.807) is 4.68 Å². The number of carbonyl (C=O) groups excluding carboxylic acids is 1. The molecule has 7 heteroatoms. The SMILES string of the molecule is CCc1ccc(NC(=O)Cn2cnc3c(cnn3-c3ccccc3)c2=O)cc1. The zero-order valence-corrected chi connectivity index (χ0v) is 15.4. The van der Waals surface area contributed by atoms with Gasteiger partial charge in [-0.2, -0.15) is 5.10 Å². The van der Waals surface area contributed by atoms with Crippen LogP contribution in [0.2, 0.25) is 0 Å². The molecule has 0 fully saturated rings. The average Bonchev–Trinajstić information content (AvgIpc) is 3.16. The van der Waals surface area contributed by atoms with Crippen LogP contribution >= 0.6 is 0 Å². The molecule has 0 unspecified atom stereocenters. The van der Waals surface area contributed by atoms with Crippen LogP contribution in [-0.4, -0.2) is 25.2 Å². The van der Waals surface area contributed by atoms with Crippen molar-refractivity contribution in [2.75, 3.05) is 5.32 Å². The number of aryl methyl sites for hydroxylation is 1. The number of nitrogens with one attached hydrogen (secondary N) is 1. The molecule has 4 rings (SSSR count). The second kappa shape index (κ2) is 7.48. The Balaban J connectivity index is 1.56. The molecule has 0 aliphatic carbocycles. The predicted octanol–water partition coefficient (Wildman–Crippen LogP) is 2.78. The molecule has 0 radical (unpaired) electrons. The molecule has 2 aromatic carbocycles. The zero-order chi connectivity index (χ0) is 19.5. The Morgan fingerprint density at radius 3 is 2.54 bits per heavy atom. The van der Waals surface area contributed by atoms with Crippen molar-refractivity contribution < 1.29 is 4.79 Å². The number of nitrogens with zero attached hydrogens (tertiary/aromatic N) is 4. The van der Waals surface area contributed by atoms with Gasteiger partial charge in [-0.3, -0.25) is 14.2 Å². The van der Waals surface area contributed by atoms with Gasteiger partial charge < -0.3 is 5.32 Å². The molecule has 1 N–H and O–H groups in total. The van der Waals surface area contributed by atoms with Crippen molar-refractivity contribution >= 4 is 22.6 Å². The second-order valence-corrected chi connectivity index (χ2v) is 6.41. The summed E-state index contributed by atoms with van der Waals surface area (Å²) >= 11 is 0. The molecule has 28 heavy (non-hydrogen) atoms. The summed E-state index contributed by atoms with van der Waals surface area (Å²) in [5.74, 6) is -0.289. The number of para-hydroxylation sites is 1. The van der Waals surface area contributed by atoms with Gasteiger partial charge in [0, 0.05) is 5.69 Å². The molecule has 0 aliphatic rings. The first-order chi connectivity index (χ1) is 13.7. The summed E-state index contributed by atoms with van der Waals surface area (Å²) in [4.78, 5) is 29.4. The Bertz CT molecular complexity index is 1180. The normalized spacial score (nSPS) is 10.9. The first-order valence-electron chi connectivity index (χ1n) is 9.03. The highest BCUT2D eigenvalue weighted by atomic mass is 16.2. The molecule has 2 aromatic heterocycles. The lowest BCUT2D eigenvalue weighted by atomic mass is 10.1. The molecule has 0 aliphatic heterocycles. The van der Waals surface area contributed by atoms with Crippen molar-refractivity contribution in [3.05, 3.63) is 83.0 Å². The van der Waals surface area contributed by atoms with E-state index in [4.69, 9.17) is 0 Å². The van der Waals surface area contributed by atoms with Crippen LogP contribution in [0.3, 0.4) is 0 Å². The van der Waals surface area contributed by atoms with Crippen molar-refractivity contribution in [2.45, 2.75) is 19.9 Å². The molecular formula is C21H19N5O2. The minimum atomic E-state index is -0.302. The van der Waals surface area contributed by atoms with E-state index in [1.807, 2.05) is 54.6 Å². The van der Waals surface area contributed by atoms with Crippen molar-refractivity contribution in [3.63, 3.8) is 0 Å². The number of aromatic nitrogens is 4. The van der Waals surface area contributed by atoms with Crippen LogP contribution < -0.4 is 10.9 Å². The summed E-state index contributed by atoms with van der Waals surface area (Å²) in [5, 5.41) is 7.44. The molecule has 0 spiro atoms. The van der Waals surface area contributed by atoms with Crippen LogP contribution in [0.25, 0.3) is 16.7 Å². The molecule has 0 saturated carbocycles. The van der Waals surface area contributed by atoms with E-state index >= 15 is 0 Å². The first kappa shape index (κ1) is 17.7. The summed E-state index contributed by atoms with van der Waals surface area (Å²) in [7, 11) is 0. The van der Waals surface area contributed by atoms with E-state index in [0.29, 0.717) is 16.7 Å². The van der Waals surface area contributed by atoms with E-state index in [9.17, 15) is 9.59 Å². The monoisotopic (exact) mass is 373 g/mol. The summed E-state index contributed by atoms with van der Waals surface area (Å²) < 4.78 is 2.89. The number of carbonyl (C=O) groups is 1. The zero-order valence-electron chi connectivity index (χ0n) is 15.4. The van der Waals surface area contributed by atoms with Gasteiger partial charge in [-0.1, -0.05) is 37.3 Å². The highest BCUT2D eigenvalue weighted by Gasteiger charge is 2.13. The molecule has 7 nitrogen and oxygen atoms in total. The third-order valence-electron chi connectivity index (χ3n) is 4.52. The van der Waals surface area contributed by atoms with Crippen LogP contribution in [0.1, 0.15) is 12.5 Å². The third kappa shape index (κ3) is 3.42. The average molecular weight is 373 g/mol. The third-order valence-corrected chi connectivity index (χ3v) is 4.52. The van der Waals surface area contributed by atoms with E-state index < -0.39 is 0 Å². The maximum Gasteiger partial charge on any atom is 0.264 e. The summed E-state index contributed by atoms with van der Waals surface area (Å²) in [6, 6.07) is 17.1. The maximum absolute atomic E-state index is 12.7. The Kier molecular flexibility index (Phi) is 4.72. The molecule has 0 saturated heterocycles. The smallest absolute Gasteiger partial charge is 0.264 e. The second-order valence-electron chi connectivity index (χ2n) is 6.41. The van der Waals surface area contributed by atoms with Crippen LogP contribution in [0.15, 0.2) is 71.9 Å². The van der Waals surface area contributed by atoms with Crippen LogP contribution in [0, 0.1) is 0 Å². The van der Waals surface area contributed by atoms with E-state index in [2.05, 4.69) is 22.3 Å². The van der Waals surface area contributed by atoms with Gasteiger partial charge in [0.15, 0.2) is 5.65 Å². The predicted molar refractivity (Wildman–Crippen MR) is 108 cm³/mol. The molecule has 4 aromatic rings. The minimum Gasteiger partial charge on any atom is -0.325 e. The molecule has 1 amide bonds. The van der Waals surface area contributed by atoms with E-state index in [0.717, 1.165) is 12.1 Å². The number of amides is 1. The number of rotatable bonds is 5. The summed E-state index contributed by atoms with van der Waals surface area (Å²) in [6.07, 6.45) is 3.80. The highest BCUT2D eigenvalue weighted by molar-refractivity contribution is 5.90. The standard InChI is InChI=1S/C21H19N5O2/c1-2-15-8-10-16(11-9-15)24-19(27)13-25-14-22-20-18(21(25)28)12-23-26(20)17-6-4-3-5-7-17/h3-12,14H,2,13H2,1H3,(H,24,27). The van der Waals surface area contributed by atoms with E-state index in [-0.39, 0.29) is 18.0 Å². The van der Waals surface area contributed by atoms with Crippen LogP contribution in [0.5, 0.6) is 0 Å². The number of fused-ring (bicyclic) bond motifs is 1. The topological polar surface area (TPSA) is 81.8 Å². The molecular weight excluding hydrogens is 354 g/mol. The summed E-state index contributed by atoms with van der Waals surface area (Å²) in [6.45, 7) is 1.96. The fraction of sp³-hybridized carbons (Fsp3) is 0.143. The Morgan fingerprint density at radius 1 is 1.07 bits per heavy atom. The highest BCUT2D eigenvalue weighted by Crippen LogP contribution is 2.13. The van der Waals surface area contributed by atoms with Gasteiger partial charge in [-0.15, -0.1) is 0 Å². The number of anilines is 1. The lowest BCUT2D eigenvalue weighted by Crippen LogP contribution is -2.27. The quantitative estimate of drug-likeness (QED) is 0.583. The Hall–Kier alpha value is -3.74. The Labute approximate surface area is 161 Å². The minimum absolute atomic E-state index is 0.117. The van der Waals surface area contributed by atoms with Crippen molar-refractivity contribution in [2.24, 2.45) is 0 Å². The lowest BCUT2D eigenvalue weighted by Gasteiger charge is -2.08. The Morgan fingerprint density at radius 2 is 1.82 bits per heavy atom. The van der Waals surface area contributed by atoms with Gasteiger partial charge in [0.1, 0.15) is 18.3 Å². The van der Waals surface area contributed by atoms with Crippen molar-refractivity contribution in [3.8, 4) is 5.69 Å². The van der Waals surface area contributed by atoms with Crippen molar-refractivity contribution in [1.29, 1.82) is 0 Å². The van der Waals surface area contributed by atoms with Gasteiger partial charge in [-0.25, -0.2) is 9.67 Å². The lowest BCUT2D eigenvalue weighted by molar-refractivity contribution is -0.116. The molecule has 0 atom stereocenters. The fourth-order valence-electron chi connectivity index (χ4n) is 3.00. The number of benzene rings is 2. The van der Waals surface area contributed by atoms with Gasteiger partial charge in [0.25, 0.3) is 5.56 Å². The van der Waals surface area contributed by atoms with Crippen LogP contribution in [0.4, 0.5) is 5.69 Å². The van der Waals surface area contributed by atoms with Gasteiger partial charge >= 0.3 is 0 Å². The van der Waals surface area contributed by atoms with Gasteiger partial charge in [0.05, 0.1) is 11.9 Å². The first-order valence-corrected chi connectivity index (χ1v) is 9.03. The largest absolute Gasteiger partial charge is 0.325 e. The maximum atomic E-state index is 12.7. The van der Waals surface area contributed by atoms with E-state index in [1.165, 1.54) is 22.7 Å². The van der Waals surface area contributed by atoms with Gasteiger partial charge in [-0.05, 0) is 36.2 Å².